The molecule has 1 heterocycles. The molecule has 0 fully saturated rings. The number of aryl methyl sites for hydroxylation is 1. The number of hydrogen-bond acceptors (Lipinski definition) is 4. The Bertz CT molecular complexity index is 752. The molecule has 0 bridgehead atoms. The summed E-state index contributed by atoms with van der Waals surface area (Å²) in [6.45, 7) is 1.44. The number of aromatic nitrogens is 2. The number of benzene rings is 1. The van der Waals surface area contributed by atoms with Crippen LogP contribution >= 0.6 is 15.9 Å². The highest BCUT2D eigenvalue weighted by atomic mass is 79.9. The SMILES string of the molecule is Cc1[nH]nc(C(=O)O)c1S(=O)(=O)Nc1ccc(Br)cc1. The van der Waals surface area contributed by atoms with E-state index in [1.165, 1.54) is 6.92 Å². The maximum Gasteiger partial charge on any atom is 0.357 e. The third kappa shape index (κ3) is 2.83. The molecule has 20 heavy (non-hydrogen) atoms. The first-order valence-corrected chi connectivity index (χ1v) is 7.65. The number of rotatable bonds is 4. The van der Waals surface area contributed by atoms with Gasteiger partial charge in [0.15, 0.2) is 5.69 Å². The fraction of sp³-hybridized carbons (Fsp3) is 0.0909. The molecular weight excluding hydrogens is 350 g/mol. The standard InChI is InChI=1S/C11H10BrN3O4S/c1-6-10(9(11(16)17)14-13-6)20(18,19)15-8-4-2-7(12)3-5-8/h2-5,15H,1H3,(H,13,14)(H,16,17). The summed E-state index contributed by atoms with van der Waals surface area (Å²) in [6, 6.07) is 6.44. The smallest absolute Gasteiger partial charge is 0.357 e. The first-order valence-electron chi connectivity index (χ1n) is 5.38. The van der Waals surface area contributed by atoms with Crippen LogP contribution in [0.3, 0.4) is 0 Å². The number of nitrogens with zero attached hydrogens (tertiary/aromatic N) is 1. The summed E-state index contributed by atoms with van der Waals surface area (Å²) < 4.78 is 27.6. The molecule has 2 aromatic rings. The van der Waals surface area contributed by atoms with Crippen molar-refractivity contribution in [2.24, 2.45) is 0 Å². The van der Waals surface area contributed by atoms with Crippen molar-refractivity contribution >= 4 is 37.6 Å². The Morgan fingerprint density at radius 1 is 1.35 bits per heavy atom. The normalized spacial score (nSPS) is 11.3. The number of carboxylic acids is 1. The molecule has 2 rings (SSSR count). The lowest BCUT2D eigenvalue weighted by Gasteiger charge is -2.08. The van der Waals surface area contributed by atoms with Crippen molar-refractivity contribution in [3.8, 4) is 0 Å². The van der Waals surface area contributed by atoms with Crippen LogP contribution in [0.15, 0.2) is 33.6 Å². The Hall–Kier alpha value is -1.87. The largest absolute Gasteiger partial charge is 0.476 e. The Kier molecular flexibility index (Phi) is 3.82. The van der Waals surface area contributed by atoms with Gasteiger partial charge in [-0.1, -0.05) is 15.9 Å². The van der Waals surface area contributed by atoms with Crippen LogP contribution in [-0.4, -0.2) is 29.7 Å². The number of H-pyrrole nitrogens is 1. The average Bonchev–Trinajstić information content (AvgIpc) is 2.75. The number of aromatic carboxylic acids is 1. The second-order valence-electron chi connectivity index (χ2n) is 3.94. The summed E-state index contributed by atoms with van der Waals surface area (Å²) in [4.78, 5) is 10.6. The lowest BCUT2D eigenvalue weighted by molar-refractivity contribution is 0.0686. The number of sulfonamides is 1. The Balaban J connectivity index is 2.43. The van der Waals surface area contributed by atoms with Crippen LogP contribution < -0.4 is 4.72 Å². The second kappa shape index (κ2) is 5.25. The van der Waals surface area contributed by atoms with Gasteiger partial charge < -0.3 is 5.11 Å². The minimum absolute atomic E-state index is 0.159. The van der Waals surface area contributed by atoms with Crippen LogP contribution in [0.25, 0.3) is 0 Å². The summed E-state index contributed by atoms with van der Waals surface area (Å²) in [5.74, 6) is -1.41. The molecule has 0 aliphatic carbocycles. The maximum absolute atomic E-state index is 12.2. The molecule has 0 amide bonds. The minimum atomic E-state index is -4.03. The van der Waals surface area contributed by atoms with Crippen LogP contribution in [0.5, 0.6) is 0 Å². The van der Waals surface area contributed by atoms with E-state index >= 15 is 0 Å². The number of carbonyl (C=O) groups is 1. The van der Waals surface area contributed by atoms with Crippen molar-refractivity contribution in [2.45, 2.75) is 11.8 Å². The fourth-order valence-corrected chi connectivity index (χ4v) is 3.27. The zero-order valence-corrected chi connectivity index (χ0v) is 12.6. The van der Waals surface area contributed by atoms with Crippen molar-refractivity contribution in [1.29, 1.82) is 0 Å². The van der Waals surface area contributed by atoms with Crippen LogP contribution in [0.4, 0.5) is 5.69 Å². The zero-order chi connectivity index (χ0) is 14.9. The topological polar surface area (TPSA) is 112 Å². The minimum Gasteiger partial charge on any atom is -0.476 e. The van der Waals surface area contributed by atoms with Gasteiger partial charge in [-0.05, 0) is 31.2 Å². The Morgan fingerprint density at radius 3 is 2.50 bits per heavy atom. The van der Waals surface area contributed by atoms with E-state index in [0.717, 1.165) is 4.47 Å². The van der Waals surface area contributed by atoms with E-state index in [4.69, 9.17) is 5.11 Å². The molecule has 1 aromatic heterocycles. The van der Waals surface area contributed by atoms with Gasteiger partial charge in [-0.3, -0.25) is 9.82 Å². The molecule has 0 aliphatic heterocycles. The van der Waals surface area contributed by atoms with E-state index in [1.807, 2.05) is 0 Å². The zero-order valence-electron chi connectivity index (χ0n) is 10.2. The quantitative estimate of drug-likeness (QED) is 0.772. The van der Waals surface area contributed by atoms with Crippen molar-refractivity contribution in [3.63, 3.8) is 0 Å². The van der Waals surface area contributed by atoms with Crippen LogP contribution in [0.2, 0.25) is 0 Å². The molecule has 3 N–H and O–H groups in total. The first-order chi connectivity index (χ1) is 9.31. The molecule has 0 spiro atoms. The van der Waals surface area contributed by atoms with Crippen molar-refractivity contribution in [2.75, 3.05) is 4.72 Å². The molecule has 0 aliphatic rings. The second-order valence-corrected chi connectivity index (χ2v) is 6.48. The summed E-state index contributed by atoms with van der Waals surface area (Å²) >= 11 is 3.24. The van der Waals surface area contributed by atoms with Gasteiger partial charge in [-0.15, -0.1) is 0 Å². The summed E-state index contributed by atoms with van der Waals surface area (Å²) in [6.07, 6.45) is 0. The number of nitrogens with one attached hydrogen (secondary N) is 2. The lowest BCUT2D eigenvalue weighted by Crippen LogP contribution is -2.16. The third-order valence-electron chi connectivity index (χ3n) is 2.46. The van der Waals surface area contributed by atoms with E-state index in [0.29, 0.717) is 5.69 Å². The van der Waals surface area contributed by atoms with Crippen molar-refractivity contribution in [3.05, 3.63) is 40.1 Å². The van der Waals surface area contributed by atoms with Crippen molar-refractivity contribution in [1.82, 2.24) is 10.2 Å². The number of aromatic amines is 1. The number of carboxylic acid groups (broad SMARTS) is 1. The maximum atomic E-state index is 12.2. The Morgan fingerprint density at radius 2 is 1.95 bits per heavy atom. The Labute approximate surface area is 123 Å². The first kappa shape index (κ1) is 14.5. The number of hydrogen-bond donors (Lipinski definition) is 3. The molecular formula is C11H10BrN3O4S. The predicted octanol–water partition coefficient (Wildman–Crippen LogP) is 1.98. The number of halogens is 1. The van der Waals surface area contributed by atoms with E-state index < -0.39 is 21.7 Å². The summed E-state index contributed by atoms with van der Waals surface area (Å²) in [7, 11) is -4.03. The molecule has 0 unspecified atom stereocenters. The van der Waals surface area contributed by atoms with Gasteiger partial charge in [-0.2, -0.15) is 5.10 Å². The monoisotopic (exact) mass is 359 g/mol. The van der Waals surface area contributed by atoms with Gasteiger partial charge in [0.1, 0.15) is 4.90 Å². The summed E-state index contributed by atoms with van der Waals surface area (Å²) in [5.41, 5.74) is -0.0516. The predicted molar refractivity (Wildman–Crippen MR) is 75.2 cm³/mol. The highest BCUT2D eigenvalue weighted by molar-refractivity contribution is 9.10. The molecule has 1 aromatic carbocycles. The van der Waals surface area contributed by atoms with E-state index in [2.05, 4.69) is 30.8 Å². The van der Waals surface area contributed by atoms with Crippen LogP contribution in [0, 0.1) is 6.92 Å². The third-order valence-corrected chi connectivity index (χ3v) is 4.53. The van der Waals surface area contributed by atoms with E-state index in [1.54, 1.807) is 24.3 Å². The molecule has 9 heteroatoms. The van der Waals surface area contributed by atoms with Crippen LogP contribution in [0.1, 0.15) is 16.2 Å². The van der Waals surface area contributed by atoms with Gasteiger partial charge in [0.2, 0.25) is 0 Å². The molecule has 7 nitrogen and oxygen atoms in total. The van der Waals surface area contributed by atoms with Gasteiger partial charge in [0.05, 0.1) is 5.69 Å². The molecule has 0 radical (unpaired) electrons. The van der Waals surface area contributed by atoms with Crippen molar-refractivity contribution < 1.29 is 18.3 Å². The molecule has 0 atom stereocenters. The highest BCUT2D eigenvalue weighted by Crippen LogP contribution is 2.22. The number of anilines is 1. The molecule has 0 saturated carbocycles. The highest BCUT2D eigenvalue weighted by Gasteiger charge is 2.28. The fourth-order valence-electron chi connectivity index (χ4n) is 1.62. The molecule has 0 saturated heterocycles. The van der Waals surface area contributed by atoms with Crippen LogP contribution in [-0.2, 0) is 10.0 Å². The van der Waals surface area contributed by atoms with Gasteiger partial charge in [-0.25, -0.2) is 13.2 Å². The van der Waals surface area contributed by atoms with Gasteiger partial charge in [0, 0.05) is 10.2 Å². The van der Waals surface area contributed by atoms with Gasteiger partial charge in [0.25, 0.3) is 10.0 Å². The van der Waals surface area contributed by atoms with E-state index in [-0.39, 0.29) is 10.6 Å². The average molecular weight is 360 g/mol. The lowest BCUT2D eigenvalue weighted by atomic mass is 10.3. The van der Waals surface area contributed by atoms with Gasteiger partial charge >= 0.3 is 5.97 Å². The molecule has 106 valence electrons. The summed E-state index contributed by atoms with van der Waals surface area (Å²) in [5, 5.41) is 14.8. The van der Waals surface area contributed by atoms with E-state index in [9.17, 15) is 13.2 Å².